The first-order valence-corrected chi connectivity index (χ1v) is 8.72. The molecule has 1 fully saturated rings. The van der Waals surface area contributed by atoms with Crippen LogP contribution in [-0.4, -0.2) is 34.2 Å². The fourth-order valence-electron chi connectivity index (χ4n) is 2.29. The highest BCUT2D eigenvalue weighted by atomic mass is 35.5. The molecule has 0 saturated carbocycles. The lowest BCUT2D eigenvalue weighted by Crippen LogP contribution is -2.30. The molecule has 0 spiro atoms. The Labute approximate surface area is 133 Å². The first-order chi connectivity index (χ1) is 10.4. The van der Waals surface area contributed by atoms with Crippen LogP contribution in [0.5, 0.6) is 5.75 Å². The normalized spacial score (nSPS) is 18.8. The molecule has 5 nitrogen and oxygen atoms in total. The molecule has 1 aromatic carbocycles. The van der Waals surface area contributed by atoms with Crippen LogP contribution in [0.15, 0.2) is 23.1 Å². The predicted octanol–water partition coefficient (Wildman–Crippen LogP) is 2.36. The molecule has 124 valence electrons. The Kier molecular flexibility index (Phi) is 5.96. The van der Waals surface area contributed by atoms with E-state index in [4.69, 9.17) is 11.6 Å². The maximum Gasteiger partial charge on any atom is 0.387 e. The topological polar surface area (TPSA) is 67.4 Å². The van der Waals surface area contributed by atoms with E-state index in [1.807, 2.05) is 0 Å². The van der Waals surface area contributed by atoms with Gasteiger partial charge in [-0.3, -0.25) is 0 Å². The van der Waals surface area contributed by atoms with Crippen LogP contribution in [0.3, 0.4) is 0 Å². The zero-order valence-corrected chi connectivity index (χ0v) is 13.3. The van der Waals surface area contributed by atoms with Crippen LogP contribution in [0, 0.1) is 0 Å². The van der Waals surface area contributed by atoms with Crippen molar-refractivity contribution in [2.45, 2.75) is 36.8 Å². The lowest BCUT2D eigenvalue weighted by molar-refractivity contribution is -0.0498. The Hall–Kier alpha value is -0.960. The van der Waals surface area contributed by atoms with Gasteiger partial charge in [-0.25, -0.2) is 13.1 Å². The van der Waals surface area contributed by atoms with Gasteiger partial charge in [0.15, 0.2) is 0 Å². The molecular weight excluding hydrogens is 338 g/mol. The second-order valence-corrected chi connectivity index (χ2v) is 7.12. The first kappa shape index (κ1) is 17.4. The van der Waals surface area contributed by atoms with Crippen molar-refractivity contribution in [3.05, 3.63) is 23.2 Å². The highest BCUT2D eigenvalue weighted by Gasteiger charge is 2.19. The highest BCUT2D eigenvalue weighted by Crippen LogP contribution is 2.28. The standard InChI is InChI=1S/C13H17ClF2N2O3S/c14-11-8-10(3-4-12(11)21-13(15)16)22(19,20)18-7-5-9-2-1-6-17-9/h3-4,8-9,13,17-18H,1-2,5-7H2/t9-/m1/s1. The van der Waals surface area contributed by atoms with Gasteiger partial charge in [0.1, 0.15) is 5.75 Å². The van der Waals surface area contributed by atoms with E-state index in [1.165, 1.54) is 6.07 Å². The summed E-state index contributed by atoms with van der Waals surface area (Å²) in [5.41, 5.74) is 0. The number of benzene rings is 1. The van der Waals surface area contributed by atoms with Crippen molar-refractivity contribution in [3.63, 3.8) is 0 Å². The number of ether oxygens (including phenoxy) is 1. The van der Waals surface area contributed by atoms with Crippen LogP contribution >= 0.6 is 11.6 Å². The van der Waals surface area contributed by atoms with Gasteiger partial charge in [-0.1, -0.05) is 11.6 Å². The Morgan fingerprint density at radius 2 is 2.23 bits per heavy atom. The zero-order valence-electron chi connectivity index (χ0n) is 11.7. The number of nitrogens with one attached hydrogen (secondary N) is 2. The lowest BCUT2D eigenvalue weighted by Gasteiger charge is -2.12. The average Bonchev–Trinajstić information content (AvgIpc) is 2.93. The fourth-order valence-corrected chi connectivity index (χ4v) is 3.66. The molecular formula is C13H17ClF2N2O3S. The molecule has 0 aromatic heterocycles. The molecule has 0 radical (unpaired) electrons. The van der Waals surface area contributed by atoms with Gasteiger partial charge in [-0.15, -0.1) is 0 Å². The summed E-state index contributed by atoms with van der Waals surface area (Å²) in [6.07, 6.45) is 2.82. The Morgan fingerprint density at radius 3 is 2.82 bits per heavy atom. The molecule has 1 heterocycles. The van der Waals surface area contributed by atoms with Crippen LogP contribution in [-0.2, 0) is 10.0 Å². The van der Waals surface area contributed by atoms with Crippen molar-refractivity contribution in [3.8, 4) is 5.75 Å². The molecule has 0 aliphatic carbocycles. The minimum atomic E-state index is -3.72. The van der Waals surface area contributed by atoms with Crippen molar-refractivity contribution in [2.75, 3.05) is 13.1 Å². The first-order valence-electron chi connectivity index (χ1n) is 6.86. The van der Waals surface area contributed by atoms with Gasteiger partial charge in [-0.2, -0.15) is 8.78 Å². The molecule has 1 saturated heterocycles. The summed E-state index contributed by atoms with van der Waals surface area (Å²) in [7, 11) is -3.72. The maximum absolute atomic E-state index is 12.1. The molecule has 1 aliphatic rings. The molecule has 1 aliphatic heterocycles. The summed E-state index contributed by atoms with van der Waals surface area (Å²) in [5.74, 6) is -0.259. The van der Waals surface area contributed by atoms with E-state index >= 15 is 0 Å². The second kappa shape index (κ2) is 7.54. The van der Waals surface area contributed by atoms with Crippen molar-refractivity contribution >= 4 is 21.6 Å². The van der Waals surface area contributed by atoms with E-state index in [1.54, 1.807) is 0 Å². The molecule has 9 heteroatoms. The van der Waals surface area contributed by atoms with E-state index < -0.39 is 16.6 Å². The molecule has 0 unspecified atom stereocenters. The molecule has 2 N–H and O–H groups in total. The Morgan fingerprint density at radius 1 is 1.45 bits per heavy atom. The number of sulfonamides is 1. The van der Waals surface area contributed by atoms with Crippen LogP contribution in [0.2, 0.25) is 5.02 Å². The third-order valence-electron chi connectivity index (χ3n) is 3.38. The molecule has 1 atom stereocenters. The summed E-state index contributed by atoms with van der Waals surface area (Å²) in [4.78, 5) is -0.0847. The average molecular weight is 355 g/mol. The smallest absolute Gasteiger partial charge is 0.387 e. The van der Waals surface area contributed by atoms with E-state index in [-0.39, 0.29) is 15.7 Å². The van der Waals surface area contributed by atoms with E-state index in [2.05, 4.69) is 14.8 Å². The van der Waals surface area contributed by atoms with Crippen LogP contribution < -0.4 is 14.8 Å². The minimum Gasteiger partial charge on any atom is -0.433 e. The predicted molar refractivity (Wildman–Crippen MR) is 78.9 cm³/mol. The monoisotopic (exact) mass is 354 g/mol. The Bertz CT molecular complexity index is 607. The third kappa shape index (κ3) is 4.77. The van der Waals surface area contributed by atoms with Crippen LogP contribution in [0.25, 0.3) is 0 Å². The van der Waals surface area contributed by atoms with Crippen molar-refractivity contribution in [1.29, 1.82) is 0 Å². The molecule has 22 heavy (non-hydrogen) atoms. The van der Waals surface area contributed by atoms with Crippen molar-refractivity contribution in [1.82, 2.24) is 10.0 Å². The SMILES string of the molecule is O=S(=O)(NCC[C@H]1CCCN1)c1ccc(OC(F)F)c(Cl)c1. The van der Waals surface area contributed by atoms with Gasteiger partial charge in [0.05, 0.1) is 9.92 Å². The lowest BCUT2D eigenvalue weighted by atomic mass is 10.2. The molecule has 1 aromatic rings. The summed E-state index contributed by atoms with van der Waals surface area (Å²) in [5, 5.41) is 3.09. The number of alkyl halides is 2. The van der Waals surface area contributed by atoms with Crippen LogP contribution in [0.4, 0.5) is 8.78 Å². The summed E-state index contributed by atoms with van der Waals surface area (Å²) in [6.45, 7) is -1.76. The fraction of sp³-hybridized carbons (Fsp3) is 0.538. The number of hydrogen-bond acceptors (Lipinski definition) is 4. The minimum absolute atomic E-state index is 0.0847. The van der Waals surface area contributed by atoms with Gasteiger partial charge >= 0.3 is 6.61 Å². The number of hydrogen-bond donors (Lipinski definition) is 2. The van der Waals surface area contributed by atoms with Crippen molar-refractivity contribution < 1.29 is 21.9 Å². The van der Waals surface area contributed by atoms with Gasteiger partial charge in [0.2, 0.25) is 10.0 Å². The third-order valence-corrected chi connectivity index (χ3v) is 5.13. The van der Waals surface area contributed by atoms with Crippen LogP contribution in [0.1, 0.15) is 19.3 Å². The van der Waals surface area contributed by atoms with Crippen molar-refractivity contribution in [2.24, 2.45) is 0 Å². The number of halogens is 3. The summed E-state index contributed by atoms with van der Waals surface area (Å²) < 4.78 is 55.1. The summed E-state index contributed by atoms with van der Waals surface area (Å²) in [6, 6.07) is 3.71. The molecule has 0 bridgehead atoms. The zero-order chi connectivity index (χ0) is 16.2. The van der Waals surface area contributed by atoms with Gasteiger partial charge in [0.25, 0.3) is 0 Å². The number of rotatable bonds is 7. The van der Waals surface area contributed by atoms with E-state index in [0.29, 0.717) is 19.0 Å². The second-order valence-electron chi connectivity index (χ2n) is 4.95. The molecule has 2 rings (SSSR count). The van der Waals surface area contributed by atoms with E-state index in [0.717, 1.165) is 31.5 Å². The molecule has 0 amide bonds. The quantitative estimate of drug-likeness (QED) is 0.788. The maximum atomic E-state index is 12.1. The van der Waals surface area contributed by atoms with Gasteiger partial charge < -0.3 is 10.1 Å². The van der Waals surface area contributed by atoms with E-state index in [9.17, 15) is 17.2 Å². The highest BCUT2D eigenvalue weighted by molar-refractivity contribution is 7.89. The largest absolute Gasteiger partial charge is 0.433 e. The van der Waals surface area contributed by atoms with Gasteiger partial charge in [0, 0.05) is 12.6 Å². The van der Waals surface area contributed by atoms with Gasteiger partial charge in [-0.05, 0) is 44.0 Å². The Balaban J connectivity index is 1.97. The summed E-state index contributed by atoms with van der Waals surface area (Å²) >= 11 is 5.76.